The first-order chi connectivity index (χ1) is 4.36. The summed E-state index contributed by atoms with van der Waals surface area (Å²) in [4.78, 5) is 10.1. The zero-order valence-electron chi connectivity index (χ0n) is 5.37. The smallest absolute Gasteiger partial charge is 0.158 e. The quantitative estimate of drug-likeness (QED) is 0.505. The number of hydrogen-bond acceptors (Lipinski definition) is 3. The van der Waals surface area contributed by atoms with E-state index >= 15 is 0 Å². The van der Waals surface area contributed by atoms with E-state index in [2.05, 4.69) is 0 Å². The maximum Gasteiger partial charge on any atom is 0.158 e. The Morgan fingerprint density at radius 2 is 2.44 bits per heavy atom. The predicted octanol–water partition coefficient (Wildman–Crippen LogP) is 0.337. The van der Waals surface area contributed by atoms with Crippen molar-refractivity contribution in [1.82, 2.24) is 0 Å². The van der Waals surface area contributed by atoms with Crippen LogP contribution < -0.4 is 0 Å². The summed E-state index contributed by atoms with van der Waals surface area (Å²) in [5.41, 5.74) is 0. The Hall–Kier alpha value is -0.410. The number of carbonyl (C=O) groups excluding carboxylic acids is 1. The van der Waals surface area contributed by atoms with Gasteiger partial charge in [-0.15, -0.1) is 0 Å². The summed E-state index contributed by atoms with van der Waals surface area (Å²) < 4.78 is 9.93. The molecule has 0 aromatic rings. The highest BCUT2D eigenvalue weighted by Crippen LogP contribution is 2.17. The molecule has 0 N–H and O–H groups in total. The summed E-state index contributed by atoms with van der Waals surface area (Å²) in [6.45, 7) is 0. The van der Waals surface area contributed by atoms with Gasteiger partial charge in [0, 0.05) is 13.5 Å². The SMILES string of the molecule is COC1CC[C@H](C=O)O1. The second-order valence-electron chi connectivity index (χ2n) is 2.05. The van der Waals surface area contributed by atoms with Crippen LogP contribution in [0.3, 0.4) is 0 Å². The van der Waals surface area contributed by atoms with E-state index in [-0.39, 0.29) is 12.4 Å². The lowest BCUT2D eigenvalue weighted by atomic mass is 10.2. The highest BCUT2D eigenvalue weighted by Gasteiger charge is 2.23. The fraction of sp³-hybridized carbons (Fsp3) is 0.833. The molecule has 1 saturated heterocycles. The van der Waals surface area contributed by atoms with Crippen LogP contribution in [0.4, 0.5) is 0 Å². The lowest BCUT2D eigenvalue weighted by Crippen LogP contribution is -2.12. The molecule has 0 aromatic carbocycles. The molecule has 9 heavy (non-hydrogen) atoms. The average Bonchev–Trinajstić information content (AvgIpc) is 2.34. The van der Waals surface area contributed by atoms with Gasteiger partial charge in [0.05, 0.1) is 0 Å². The molecule has 0 bridgehead atoms. The van der Waals surface area contributed by atoms with Crippen molar-refractivity contribution >= 4 is 6.29 Å². The highest BCUT2D eigenvalue weighted by atomic mass is 16.7. The Labute approximate surface area is 53.9 Å². The molecule has 0 aromatic heterocycles. The summed E-state index contributed by atoms with van der Waals surface area (Å²) >= 11 is 0. The molecule has 1 heterocycles. The Kier molecular flexibility index (Phi) is 2.19. The molecular formula is C6H10O3. The molecule has 3 nitrogen and oxygen atoms in total. The maximum atomic E-state index is 10.1. The van der Waals surface area contributed by atoms with Crippen molar-refractivity contribution in [2.75, 3.05) is 7.11 Å². The third kappa shape index (κ3) is 1.50. The average molecular weight is 130 g/mol. The van der Waals surface area contributed by atoms with Gasteiger partial charge in [0.1, 0.15) is 12.4 Å². The van der Waals surface area contributed by atoms with Crippen LogP contribution in [-0.2, 0) is 14.3 Å². The van der Waals surface area contributed by atoms with Gasteiger partial charge in [0.15, 0.2) is 6.29 Å². The summed E-state index contributed by atoms with van der Waals surface area (Å²) in [5.74, 6) is 0. The van der Waals surface area contributed by atoms with Crippen molar-refractivity contribution in [3.8, 4) is 0 Å². The zero-order valence-corrected chi connectivity index (χ0v) is 5.37. The minimum atomic E-state index is -0.227. The lowest BCUT2D eigenvalue weighted by molar-refractivity contribution is -0.136. The second kappa shape index (κ2) is 2.94. The molecule has 1 unspecified atom stereocenters. The van der Waals surface area contributed by atoms with Crippen LogP contribution in [0, 0.1) is 0 Å². The molecule has 1 aliphatic rings. The number of methoxy groups -OCH3 is 1. The number of aldehydes is 1. The Bertz CT molecular complexity index is 102. The van der Waals surface area contributed by atoms with Crippen molar-refractivity contribution in [3.63, 3.8) is 0 Å². The van der Waals surface area contributed by atoms with Crippen LogP contribution in [0.15, 0.2) is 0 Å². The van der Waals surface area contributed by atoms with E-state index in [1.807, 2.05) is 0 Å². The molecular weight excluding hydrogens is 120 g/mol. The predicted molar refractivity (Wildman–Crippen MR) is 31.0 cm³/mol. The lowest BCUT2D eigenvalue weighted by Gasteiger charge is -2.05. The number of rotatable bonds is 2. The molecule has 1 aliphatic heterocycles. The first kappa shape index (κ1) is 6.71. The third-order valence-corrected chi connectivity index (χ3v) is 1.43. The fourth-order valence-corrected chi connectivity index (χ4v) is 0.905. The normalized spacial score (nSPS) is 34.8. The molecule has 1 fully saturated rings. The largest absolute Gasteiger partial charge is 0.356 e. The van der Waals surface area contributed by atoms with Crippen LogP contribution in [0.25, 0.3) is 0 Å². The fourth-order valence-electron chi connectivity index (χ4n) is 0.905. The molecule has 52 valence electrons. The Morgan fingerprint density at radius 3 is 2.78 bits per heavy atom. The summed E-state index contributed by atoms with van der Waals surface area (Å²) in [6, 6.07) is 0. The first-order valence-electron chi connectivity index (χ1n) is 3.00. The van der Waals surface area contributed by atoms with Gasteiger partial charge < -0.3 is 14.3 Å². The van der Waals surface area contributed by atoms with Gasteiger partial charge in [-0.2, -0.15) is 0 Å². The van der Waals surface area contributed by atoms with E-state index in [9.17, 15) is 4.79 Å². The number of hydrogen-bond donors (Lipinski definition) is 0. The summed E-state index contributed by atoms with van der Waals surface area (Å²) in [5, 5.41) is 0. The van der Waals surface area contributed by atoms with Crippen LogP contribution in [0.2, 0.25) is 0 Å². The number of ether oxygens (including phenoxy) is 2. The Balaban J connectivity index is 2.28. The molecule has 0 radical (unpaired) electrons. The van der Waals surface area contributed by atoms with Gasteiger partial charge in [-0.05, 0) is 6.42 Å². The topological polar surface area (TPSA) is 35.5 Å². The van der Waals surface area contributed by atoms with Crippen molar-refractivity contribution in [2.24, 2.45) is 0 Å². The molecule has 0 saturated carbocycles. The van der Waals surface area contributed by atoms with Gasteiger partial charge in [-0.25, -0.2) is 0 Å². The molecule has 3 heteroatoms. The Morgan fingerprint density at radius 1 is 1.67 bits per heavy atom. The minimum absolute atomic E-state index is 0.153. The summed E-state index contributed by atoms with van der Waals surface area (Å²) in [7, 11) is 1.58. The van der Waals surface area contributed by atoms with Crippen molar-refractivity contribution in [3.05, 3.63) is 0 Å². The van der Waals surface area contributed by atoms with E-state index in [0.29, 0.717) is 0 Å². The van der Waals surface area contributed by atoms with E-state index in [1.165, 1.54) is 0 Å². The number of carbonyl (C=O) groups is 1. The maximum absolute atomic E-state index is 10.1. The standard InChI is InChI=1S/C6H10O3/c1-8-6-3-2-5(4-7)9-6/h4-6H,2-3H2,1H3/t5-,6?/m1/s1. The molecule has 2 atom stereocenters. The van der Waals surface area contributed by atoms with Gasteiger partial charge in [-0.3, -0.25) is 0 Å². The van der Waals surface area contributed by atoms with Crippen LogP contribution in [0.5, 0.6) is 0 Å². The van der Waals surface area contributed by atoms with Crippen molar-refractivity contribution in [1.29, 1.82) is 0 Å². The monoisotopic (exact) mass is 130 g/mol. The minimum Gasteiger partial charge on any atom is -0.356 e. The van der Waals surface area contributed by atoms with E-state index < -0.39 is 0 Å². The molecule has 0 spiro atoms. The zero-order chi connectivity index (χ0) is 6.69. The third-order valence-electron chi connectivity index (χ3n) is 1.43. The molecule has 1 rings (SSSR count). The van der Waals surface area contributed by atoms with Crippen molar-refractivity contribution < 1.29 is 14.3 Å². The van der Waals surface area contributed by atoms with Gasteiger partial charge in [0.2, 0.25) is 0 Å². The second-order valence-corrected chi connectivity index (χ2v) is 2.05. The van der Waals surface area contributed by atoms with E-state index in [0.717, 1.165) is 19.1 Å². The molecule has 0 aliphatic carbocycles. The van der Waals surface area contributed by atoms with Gasteiger partial charge in [-0.1, -0.05) is 0 Å². The van der Waals surface area contributed by atoms with Crippen LogP contribution in [0.1, 0.15) is 12.8 Å². The van der Waals surface area contributed by atoms with Crippen LogP contribution in [-0.4, -0.2) is 25.8 Å². The first-order valence-corrected chi connectivity index (χ1v) is 3.00. The van der Waals surface area contributed by atoms with E-state index in [4.69, 9.17) is 9.47 Å². The van der Waals surface area contributed by atoms with Crippen molar-refractivity contribution in [2.45, 2.75) is 25.2 Å². The molecule has 0 amide bonds. The van der Waals surface area contributed by atoms with Gasteiger partial charge >= 0.3 is 0 Å². The highest BCUT2D eigenvalue weighted by molar-refractivity contribution is 5.56. The van der Waals surface area contributed by atoms with Crippen LogP contribution >= 0.6 is 0 Å². The summed E-state index contributed by atoms with van der Waals surface area (Å²) in [6.07, 6.45) is 2.07. The van der Waals surface area contributed by atoms with E-state index in [1.54, 1.807) is 7.11 Å². The van der Waals surface area contributed by atoms with Gasteiger partial charge in [0.25, 0.3) is 0 Å².